The number of hydrogen-bond acceptors (Lipinski definition) is 4. The molecule has 0 aromatic heterocycles. The third kappa shape index (κ3) is 5.16. The van der Waals surface area contributed by atoms with E-state index in [4.69, 9.17) is 4.74 Å². The Balaban J connectivity index is 2.68. The molecular formula is C13H19FO4S. The Morgan fingerprint density at radius 2 is 2.05 bits per heavy atom. The van der Waals surface area contributed by atoms with E-state index in [9.17, 15) is 17.9 Å². The highest BCUT2D eigenvalue weighted by atomic mass is 32.2. The minimum absolute atomic E-state index is 0.00626. The van der Waals surface area contributed by atoms with Crippen molar-refractivity contribution in [3.63, 3.8) is 0 Å². The molecule has 0 radical (unpaired) electrons. The Kier molecular flexibility index (Phi) is 5.75. The standard InChI is InChI=1S/C13H19FO4S/c1-3-7-19(16,17)8-6-18-13-5-4-11(14)9-12(13)10(2)15/h4-5,9-10,15H,3,6-8H2,1-2H3/t10-/m1/s1. The number of hydrogen-bond donors (Lipinski definition) is 1. The van der Waals surface area contributed by atoms with Crippen molar-refractivity contribution in [3.8, 4) is 5.75 Å². The molecule has 0 saturated heterocycles. The van der Waals surface area contributed by atoms with Crippen LogP contribution in [0.15, 0.2) is 18.2 Å². The highest BCUT2D eigenvalue weighted by Gasteiger charge is 2.13. The molecule has 1 atom stereocenters. The van der Waals surface area contributed by atoms with Crippen molar-refractivity contribution in [1.82, 2.24) is 0 Å². The summed E-state index contributed by atoms with van der Waals surface area (Å²) < 4.78 is 41.4. The maximum atomic E-state index is 13.1. The number of rotatable bonds is 7. The fourth-order valence-corrected chi connectivity index (χ4v) is 2.83. The highest BCUT2D eigenvalue weighted by Crippen LogP contribution is 2.25. The van der Waals surface area contributed by atoms with Gasteiger partial charge in [0.2, 0.25) is 0 Å². The molecule has 0 spiro atoms. The van der Waals surface area contributed by atoms with Crippen LogP contribution < -0.4 is 4.74 Å². The van der Waals surface area contributed by atoms with Crippen LogP contribution in [-0.2, 0) is 9.84 Å². The van der Waals surface area contributed by atoms with Crippen molar-refractivity contribution in [1.29, 1.82) is 0 Å². The number of benzene rings is 1. The summed E-state index contributed by atoms with van der Waals surface area (Å²) in [7, 11) is -3.10. The Labute approximate surface area is 113 Å². The van der Waals surface area contributed by atoms with Gasteiger partial charge in [0.15, 0.2) is 9.84 Å². The molecule has 0 saturated carbocycles. The van der Waals surface area contributed by atoms with Gasteiger partial charge in [-0.15, -0.1) is 0 Å². The van der Waals surface area contributed by atoms with E-state index in [1.165, 1.54) is 25.1 Å². The van der Waals surface area contributed by atoms with Gasteiger partial charge in [0, 0.05) is 5.56 Å². The monoisotopic (exact) mass is 290 g/mol. The normalized spacial score (nSPS) is 13.3. The summed E-state index contributed by atoms with van der Waals surface area (Å²) in [5, 5.41) is 9.51. The summed E-state index contributed by atoms with van der Waals surface area (Å²) in [5.41, 5.74) is 0.313. The average molecular weight is 290 g/mol. The molecule has 1 aromatic rings. The van der Waals surface area contributed by atoms with E-state index in [0.29, 0.717) is 17.7 Å². The van der Waals surface area contributed by atoms with Gasteiger partial charge in [-0.2, -0.15) is 0 Å². The lowest BCUT2D eigenvalue weighted by atomic mass is 10.1. The predicted octanol–water partition coefficient (Wildman–Crippen LogP) is 2.08. The van der Waals surface area contributed by atoms with Crippen molar-refractivity contribution < 1.29 is 22.7 Å². The second-order valence-corrected chi connectivity index (χ2v) is 6.66. The first-order valence-corrected chi connectivity index (χ1v) is 7.98. The largest absolute Gasteiger partial charge is 0.492 e. The zero-order chi connectivity index (χ0) is 14.5. The molecule has 6 heteroatoms. The molecule has 0 aliphatic carbocycles. The van der Waals surface area contributed by atoms with Crippen LogP contribution in [0.3, 0.4) is 0 Å². The molecule has 4 nitrogen and oxygen atoms in total. The van der Waals surface area contributed by atoms with Crippen LogP contribution in [0.5, 0.6) is 5.75 Å². The third-order valence-electron chi connectivity index (χ3n) is 2.59. The summed E-state index contributed by atoms with van der Waals surface area (Å²) in [6.07, 6.45) is -0.310. The summed E-state index contributed by atoms with van der Waals surface area (Å²) in [4.78, 5) is 0. The molecule has 1 rings (SSSR count). The van der Waals surface area contributed by atoms with Gasteiger partial charge in [-0.25, -0.2) is 12.8 Å². The first-order chi connectivity index (χ1) is 8.85. The number of ether oxygens (including phenoxy) is 1. The number of aliphatic hydroxyl groups is 1. The molecular weight excluding hydrogens is 271 g/mol. The topological polar surface area (TPSA) is 63.6 Å². The van der Waals surface area contributed by atoms with Crippen LogP contribution in [0.1, 0.15) is 31.9 Å². The first kappa shape index (κ1) is 15.9. The summed E-state index contributed by atoms with van der Waals surface area (Å²) in [5.74, 6) is -0.120. The summed E-state index contributed by atoms with van der Waals surface area (Å²) in [6, 6.07) is 3.78. The van der Waals surface area contributed by atoms with E-state index in [2.05, 4.69) is 0 Å². The number of halogens is 1. The van der Waals surface area contributed by atoms with Crippen LogP contribution >= 0.6 is 0 Å². The molecule has 0 unspecified atom stereocenters. The molecule has 1 aromatic carbocycles. The fraction of sp³-hybridized carbons (Fsp3) is 0.538. The first-order valence-electron chi connectivity index (χ1n) is 6.16. The Morgan fingerprint density at radius 3 is 2.63 bits per heavy atom. The lowest BCUT2D eigenvalue weighted by Gasteiger charge is -2.13. The minimum atomic E-state index is -3.10. The average Bonchev–Trinajstić information content (AvgIpc) is 2.30. The zero-order valence-corrected chi connectivity index (χ0v) is 11.9. The summed E-state index contributed by atoms with van der Waals surface area (Å²) in [6.45, 7) is 3.28. The second kappa shape index (κ2) is 6.86. The fourth-order valence-electron chi connectivity index (χ4n) is 1.67. The van der Waals surface area contributed by atoms with Crippen LogP contribution in [0, 0.1) is 5.82 Å². The number of aliphatic hydroxyl groups excluding tert-OH is 1. The Bertz CT molecular complexity index is 511. The lowest BCUT2D eigenvalue weighted by molar-refractivity contribution is 0.191. The molecule has 0 aliphatic heterocycles. The van der Waals surface area contributed by atoms with Gasteiger partial charge >= 0.3 is 0 Å². The van der Waals surface area contributed by atoms with E-state index in [0.717, 1.165) is 0 Å². The highest BCUT2D eigenvalue weighted by molar-refractivity contribution is 7.91. The number of sulfone groups is 1. The Morgan fingerprint density at radius 1 is 1.37 bits per heavy atom. The molecule has 0 aliphatic rings. The third-order valence-corrected chi connectivity index (χ3v) is 4.41. The van der Waals surface area contributed by atoms with E-state index >= 15 is 0 Å². The Hall–Kier alpha value is -1.14. The van der Waals surface area contributed by atoms with E-state index in [1.807, 2.05) is 0 Å². The SMILES string of the molecule is CCCS(=O)(=O)CCOc1ccc(F)cc1[C@@H](C)O. The maximum Gasteiger partial charge on any atom is 0.153 e. The molecule has 1 N–H and O–H groups in total. The van der Waals surface area contributed by atoms with Gasteiger partial charge in [0.05, 0.1) is 17.6 Å². The summed E-state index contributed by atoms with van der Waals surface area (Å²) >= 11 is 0. The predicted molar refractivity (Wildman–Crippen MR) is 71.5 cm³/mol. The van der Waals surface area contributed by atoms with Crippen molar-refractivity contribution in [2.75, 3.05) is 18.1 Å². The van der Waals surface area contributed by atoms with Crippen LogP contribution in [-0.4, -0.2) is 31.6 Å². The van der Waals surface area contributed by atoms with Gasteiger partial charge in [-0.3, -0.25) is 0 Å². The second-order valence-electron chi connectivity index (χ2n) is 4.36. The van der Waals surface area contributed by atoms with Gasteiger partial charge in [0.25, 0.3) is 0 Å². The minimum Gasteiger partial charge on any atom is -0.492 e. The van der Waals surface area contributed by atoms with E-state index in [1.54, 1.807) is 6.92 Å². The van der Waals surface area contributed by atoms with E-state index in [-0.39, 0.29) is 18.1 Å². The molecule has 108 valence electrons. The van der Waals surface area contributed by atoms with Crippen LogP contribution in [0.4, 0.5) is 4.39 Å². The van der Waals surface area contributed by atoms with Crippen molar-refractivity contribution in [2.24, 2.45) is 0 Å². The molecule has 0 fully saturated rings. The van der Waals surface area contributed by atoms with Gasteiger partial charge in [-0.1, -0.05) is 6.92 Å². The van der Waals surface area contributed by atoms with Gasteiger partial charge in [-0.05, 0) is 31.5 Å². The quantitative estimate of drug-likeness (QED) is 0.835. The molecule has 19 heavy (non-hydrogen) atoms. The zero-order valence-electron chi connectivity index (χ0n) is 11.1. The molecule has 0 bridgehead atoms. The van der Waals surface area contributed by atoms with Gasteiger partial charge in [0.1, 0.15) is 18.2 Å². The molecule has 0 amide bonds. The van der Waals surface area contributed by atoms with Crippen LogP contribution in [0.25, 0.3) is 0 Å². The maximum absolute atomic E-state index is 13.1. The van der Waals surface area contributed by atoms with Crippen LogP contribution in [0.2, 0.25) is 0 Å². The molecule has 0 heterocycles. The smallest absolute Gasteiger partial charge is 0.153 e. The van der Waals surface area contributed by atoms with Crippen molar-refractivity contribution in [3.05, 3.63) is 29.6 Å². The lowest BCUT2D eigenvalue weighted by Crippen LogP contribution is -2.17. The van der Waals surface area contributed by atoms with Crippen molar-refractivity contribution in [2.45, 2.75) is 26.4 Å². The van der Waals surface area contributed by atoms with Gasteiger partial charge < -0.3 is 9.84 Å². The van der Waals surface area contributed by atoms with Crippen molar-refractivity contribution >= 4 is 9.84 Å². The van der Waals surface area contributed by atoms with E-state index < -0.39 is 21.8 Å².